The Morgan fingerprint density at radius 3 is 2.76 bits per heavy atom. The average molecular weight is 235 g/mol. The van der Waals surface area contributed by atoms with Crippen LogP contribution in [0.4, 0.5) is 5.69 Å². The predicted octanol–water partition coefficient (Wildman–Crippen LogP) is 2.59. The normalized spacial score (nSPS) is 15.1. The zero-order chi connectivity index (χ0) is 12.3. The largest absolute Gasteiger partial charge is 0.487 e. The van der Waals surface area contributed by atoms with E-state index in [0.29, 0.717) is 24.4 Å². The standard InChI is InChI=1S/C12H13NO4/c14-7-10-4-5-11(13(15)16)12(6-10)17-8-9-2-1-3-9/h4-7,9H,1-3,8H2. The Kier molecular flexibility index (Phi) is 3.37. The summed E-state index contributed by atoms with van der Waals surface area (Å²) in [5.74, 6) is 0.681. The van der Waals surface area contributed by atoms with Gasteiger partial charge in [0, 0.05) is 11.6 Å². The van der Waals surface area contributed by atoms with Gasteiger partial charge in [-0.2, -0.15) is 0 Å². The van der Waals surface area contributed by atoms with Crippen LogP contribution in [0, 0.1) is 16.0 Å². The van der Waals surface area contributed by atoms with E-state index in [-0.39, 0.29) is 11.4 Å². The summed E-state index contributed by atoms with van der Waals surface area (Å²) >= 11 is 0. The number of benzene rings is 1. The van der Waals surface area contributed by atoms with Crippen molar-refractivity contribution in [2.75, 3.05) is 6.61 Å². The van der Waals surface area contributed by atoms with Gasteiger partial charge in [0.25, 0.3) is 0 Å². The van der Waals surface area contributed by atoms with Crippen molar-refractivity contribution in [2.24, 2.45) is 5.92 Å². The highest BCUT2D eigenvalue weighted by molar-refractivity contribution is 5.76. The molecule has 1 aliphatic rings. The third-order valence-corrected chi connectivity index (χ3v) is 3.02. The number of hydrogen-bond donors (Lipinski definition) is 0. The topological polar surface area (TPSA) is 69.4 Å². The van der Waals surface area contributed by atoms with Crippen LogP contribution >= 0.6 is 0 Å². The lowest BCUT2D eigenvalue weighted by Gasteiger charge is -2.24. The fourth-order valence-corrected chi connectivity index (χ4v) is 1.74. The second-order valence-electron chi connectivity index (χ2n) is 4.21. The molecular formula is C12H13NO4. The van der Waals surface area contributed by atoms with E-state index >= 15 is 0 Å². The first-order chi connectivity index (χ1) is 8.20. The Morgan fingerprint density at radius 1 is 1.47 bits per heavy atom. The average Bonchev–Trinajstić information content (AvgIpc) is 2.26. The number of nitrogens with zero attached hydrogens (tertiary/aromatic N) is 1. The molecular weight excluding hydrogens is 222 g/mol. The molecule has 17 heavy (non-hydrogen) atoms. The first-order valence-corrected chi connectivity index (χ1v) is 5.57. The summed E-state index contributed by atoms with van der Waals surface area (Å²) in [5, 5.41) is 10.8. The predicted molar refractivity (Wildman–Crippen MR) is 61.3 cm³/mol. The molecule has 0 spiro atoms. The summed E-state index contributed by atoms with van der Waals surface area (Å²) < 4.78 is 5.44. The van der Waals surface area contributed by atoms with Crippen LogP contribution < -0.4 is 4.74 Å². The maximum absolute atomic E-state index is 10.8. The maximum atomic E-state index is 10.8. The fraction of sp³-hybridized carbons (Fsp3) is 0.417. The van der Waals surface area contributed by atoms with E-state index in [1.165, 1.54) is 24.6 Å². The fourth-order valence-electron chi connectivity index (χ4n) is 1.74. The van der Waals surface area contributed by atoms with Gasteiger partial charge in [-0.15, -0.1) is 0 Å². The van der Waals surface area contributed by atoms with Gasteiger partial charge in [0.15, 0.2) is 5.75 Å². The van der Waals surface area contributed by atoms with Crippen molar-refractivity contribution < 1.29 is 14.5 Å². The van der Waals surface area contributed by atoms with E-state index in [4.69, 9.17) is 4.74 Å². The van der Waals surface area contributed by atoms with Crippen molar-refractivity contribution in [3.8, 4) is 5.75 Å². The first-order valence-electron chi connectivity index (χ1n) is 5.57. The molecule has 0 unspecified atom stereocenters. The molecule has 0 atom stereocenters. The molecule has 5 heteroatoms. The van der Waals surface area contributed by atoms with E-state index in [1.807, 2.05) is 0 Å². The zero-order valence-electron chi connectivity index (χ0n) is 9.30. The molecule has 0 saturated heterocycles. The summed E-state index contributed by atoms with van der Waals surface area (Å²) in [7, 11) is 0. The number of nitro benzene ring substituents is 1. The smallest absolute Gasteiger partial charge is 0.310 e. The summed E-state index contributed by atoms with van der Waals surface area (Å²) in [6.07, 6.45) is 4.08. The van der Waals surface area contributed by atoms with Crippen LogP contribution in [0.3, 0.4) is 0 Å². The molecule has 0 heterocycles. The van der Waals surface area contributed by atoms with Crippen LogP contribution in [0.2, 0.25) is 0 Å². The van der Waals surface area contributed by atoms with Gasteiger partial charge in [-0.3, -0.25) is 14.9 Å². The third-order valence-electron chi connectivity index (χ3n) is 3.02. The van der Waals surface area contributed by atoms with Crippen LogP contribution in [0.5, 0.6) is 5.75 Å². The Morgan fingerprint density at radius 2 is 2.24 bits per heavy atom. The minimum absolute atomic E-state index is 0.0880. The highest BCUT2D eigenvalue weighted by Crippen LogP contribution is 2.31. The van der Waals surface area contributed by atoms with Crippen LogP contribution in [-0.4, -0.2) is 17.8 Å². The van der Waals surface area contributed by atoms with Gasteiger partial charge >= 0.3 is 5.69 Å². The molecule has 0 radical (unpaired) electrons. The van der Waals surface area contributed by atoms with Gasteiger partial charge in [-0.1, -0.05) is 6.42 Å². The van der Waals surface area contributed by atoms with Crippen molar-refractivity contribution in [1.82, 2.24) is 0 Å². The lowest BCUT2D eigenvalue weighted by molar-refractivity contribution is -0.385. The van der Waals surface area contributed by atoms with Gasteiger partial charge in [-0.05, 0) is 30.9 Å². The highest BCUT2D eigenvalue weighted by Gasteiger charge is 2.21. The number of hydrogen-bond acceptors (Lipinski definition) is 4. The van der Waals surface area contributed by atoms with Crippen molar-refractivity contribution in [3.05, 3.63) is 33.9 Å². The lowest BCUT2D eigenvalue weighted by Crippen LogP contribution is -2.19. The van der Waals surface area contributed by atoms with Crippen molar-refractivity contribution >= 4 is 12.0 Å². The summed E-state index contributed by atoms with van der Waals surface area (Å²) in [6, 6.07) is 4.14. The van der Waals surface area contributed by atoms with E-state index in [9.17, 15) is 14.9 Å². The van der Waals surface area contributed by atoms with E-state index < -0.39 is 4.92 Å². The summed E-state index contributed by atoms with van der Waals surface area (Å²) in [5.41, 5.74) is 0.300. The minimum Gasteiger partial charge on any atom is -0.487 e. The number of ether oxygens (including phenoxy) is 1. The van der Waals surface area contributed by atoms with Crippen LogP contribution in [0.25, 0.3) is 0 Å². The van der Waals surface area contributed by atoms with E-state index in [1.54, 1.807) is 0 Å². The van der Waals surface area contributed by atoms with E-state index in [0.717, 1.165) is 12.8 Å². The van der Waals surface area contributed by atoms with Gasteiger partial charge in [-0.25, -0.2) is 0 Å². The van der Waals surface area contributed by atoms with Gasteiger partial charge < -0.3 is 4.74 Å². The molecule has 0 aromatic heterocycles. The molecule has 0 aliphatic heterocycles. The van der Waals surface area contributed by atoms with Gasteiger partial charge in [0.2, 0.25) is 0 Å². The Bertz CT molecular complexity index is 440. The van der Waals surface area contributed by atoms with Crippen LogP contribution in [0.15, 0.2) is 18.2 Å². The molecule has 1 saturated carbocycles. The molecule has 1 aromatic carbocycles. The molecule has 90 valence electrons. The molecule has 1 aliphatic carbocycles. The summed E-state index contributed by atoms with van der Waals surface area (Å²) in [6.45, 7) is 0.489. The monoisotopic (exact) mass is 235 g/mol. The second kappa shape index (κ2) is 4.95. The first kappa shape index (κ1) is 11.6. The number of rotatable bonds is 5. The highest BCUT2D eigenvalue weighted by atomic mass is 16.6. The number of nitro groups is 1. The molecule has 1 aromatic rings. The molecule has 0 bridgehead atoms. The minimum atomic E-state index is -0.495. The van der Waals surface area contributed by atoms with Crippen LogP contribution in [0.1, 0.15) is 29.6 Å². The van der Waals surface area contributed by atoms with Gasteiger partial charge in [0.1, 0.15) is 6.29 Å². The molecule has 0 N–H and O–H groups in total. The zero-order valence-corrected chi connectivity index (χ0v) is 9.30. The molecule has 5 nitrogen and oxygen atoms in total. The third kappa shape index (κ3) is 2.61. The Labute approximate surface area is 98.5 Å². The molecule has 2 rings (SSSR count). The number of carbonyl (C=O) groups is 1. The van der Waals surface area contributed by atoms with Crippen molar-refractivity contribution in [2.45, 2.75) is 19.3 Å². The number of aldehydes is 1. The number of carbonyl (C=O) groups excluding carboxylic acids is 1. The molecule has 0 amide bonds. The Hall–Kier alpha value is -1.91. The summed E-state index contributed by atoms with van der Waals surface area (Å²) in [4.78, 5) is 20.9. The lowest BCUT2D eigenvalue weighted by atomic mass is 9.86. The van der Waals surface area contributed by atoms with Crippen LogP contribution in [-0.2, 0) is 0 Å². The maximum Gasteiger partial charge on any atom is 0.310 e. The SMILES string of the molecule is O=Cc1ccc([N+](=O)[O-])c(OCC2CCC2)c1. The van der Waals surface area contributed by atoms with Crippen molar-refractivity contribution in [3.63, 3.8) is 0 Å². The quantitative estimate of drug-likeness (QED) is 0.447. The molecule has 1 fully saturated rings. The van der Waals surface area contributed by atoms with Crippen molar-refractivity contribution in [1.29, 1.82) is 0 Å². The van der Waals surface area contributed by atoms with E-state index in [2.05, 4.69) is 0 Å². The van der Waals surface area contributed by atoms with Gasteiger partial charge in [0.05, 0.1) is 11.5 Å². The second-order valence-corrected chi connectivity index (χ2v) is 4.21. The Balaban J connectivity index is 2.15.